The number of ether oxygens (including phenoxy) is 1. The molecule has 1 aliphatic carbocycles. The topological polar surface area (TPSA) is 85.8 Å². The second kappa shape index (κ2) is 7.35. The molecule has 12 heteroatoms. The number of nitrogens with two attached hydrogens (primary N) is 1. The third-order valence-electron chi connectivity index (χ3n) is 6.58. The van der Waals surface area contributed by atoms with Crippen LogP contribution in [0.5, 0.6) is 0 Å². The van der Waals surface area contributed by atoms with Crippen LogP contribution in [-0.4, -0.2) is 44.4 Å². The first kappa shape index (κ1) is 21.7. The Morgan fingerprint density at radius 3 is 2.69 bits per heavy atom. The maximum Gasteiger partial charge on any atom is 0.419 e. The van der Waals surface area contributed by atoms with Crippen LogP contribution in [-0.2, 0) is 17.3 Å². The number of morpholine rings is 1. The number of carbonyl (C=O) groups excluding carboxylic acids is 1. The summed E-state index contributed by atoms with van der Waals surface area (Å²) in [5, 5.41) is 0. The van der Waals surface area contributed by atoms with E-state index in [1.54, 1.807) is 4.40 Å². The molecular formula is C23H16F5N5O2. The smallest absolute Gasteiger partial charge is 0.382 e. The molecule has 0 unspecified atom stereocenters. The summed E-state index contributed by atoms with van der Waals surface area (Å²) in [7, 11) is 0. The maximum absolute atomic E-state index is 15.1. The zero-order valence-corrected chi connectivity index (χ0v) is 17.8. The maximum atomic E-state index is 15.1. The van der Waals surface area contributed by atoms with Gasteiger partial charge in [0, 0.05) is 19.0 Å². The van der Waals surface area contributed by atoms with Crippen LogP contribution >= 0.6 is 0 Å². The molecule has 0 saturated carbocycles. The number of nitrogen functional groups attached to an aromatic ring is 1. The zero-order chi connectivity index (χ0) is 24.6. The summed E-state index contributed by atoms with van der Waals surface area (Å²) in [6.07, 6.45) is -2.50. The van der Waals surface area contributed by atoms with E-state index in [0.717, 1.165) is 18.2 Å². The highest BCUT2D eigenvalue weighted by atomic mass is 19.4. The molecule has 0 radical (unpaired) electrons. The first-order chi connectivity index (χ1) is 16.6. The number of fused-ring (bicyclic) bond motifs is 6. The van der Waals surface area contributed by atoms with E-state index >= 15 is 4.39 Å². The van der Waals surface area contributed by atoms with Crippen molar-refractivity contribution in [3.05, 3.63) is 70.7 Å². The number of imidazole rings is 1. The number of benzene rings is 2. The summed E-state index contributed by atoms with van der Waals surface area (Å²) in [6.45, 7) is 0.161. The molecule has 180 valence electrons. The second-order valence-electron chi connectivity index (χ2n) is 8.55. The van der Waals surface area contributed by atoms with Gasteiger partial charge in [-0.25, -0.2) is 18.7 Å². The lowest BCUT2D eigenvalue weighted by atomic mass is 10.0. The molecule has 35 heavy (non-hydrogen) atoms. The van der Waals surface area contributed by atoms with Gasteiger partial charge in [0.1, 0.15) is 23.0 Å². The molecule has 1 amide bonds. The number of anilines is 1. The van der Waals surface area contributed by atoms with Gasteiger partial charge in [-0.3, -0.25) is 9.20 Å². The van der Waals surface area contributed by atoms with Crippen LogP contribution in [0.1, 0.15) is 33.1 Å². The van der Waals surface area contributed by atoms with E-state index in [9.17, 15) is 22.4 Å². The molecule has 0 spiro atoms. The van der Waals surface area contributed by atoms with Gasteiger partial charge in [-0.15, -0.1) is 0 Å². The third-order valence-corrected chi connectivity index (χ3v) is 6.58. The SMILES string of the molecule is Nc1nc2cc(F)c(C(=O)N3CCO[C@@H]4Cc5cc(C(F)(F)F)c(F)cc5[C@@H]43)cc2n2cncc12. The van der Waals surface area contributed by atoms with Crippen LogP contribution < -0.4 is 5.73 Å². The van der Waals surface area contributed by atoms with Crippen LogP contribution in [0.4, 0.5) is 27.8 Å². The Morgan fingerprint density at radius 2 is 1.91 bits per heavy atom. The van der Waals surface area contributed by atoms with Gasteiger partial charge in [0.25, 0.3) is 5.91 Å². The molecule has 2 atom stereocenters. The highest BCUT2D eigenvalue weighted by Crippen LogP contribution is 2.44. The molecular weight excluding hydrogens is 473 g/mol. The summed E-state index contributed by atoms with van der Waals surface area (Å²) in [5.41, 5.74) is 5.83. The fraction of sp³-hybridized carbons (Fsp3) is 0.261. The van der Waals surface area contributed by atoms with Gasteiger partial charge >= 0.3 is 6.18 Å². The molecule has 2 N–H and O–H groups in total. The molecule has 2 aliphatic rings. The summed E-state index contributed by atoms with van der Waals surface area (Å²) in [5.74, 6) is -2.82. The zero-order valence-electron chi connectivity index (χ0n) is 17.8. The van der Waals surface area contributed by atoms with Crippen LogP contribution in [0.25, 0.3) is 16.6 Å². The number of alkyl halides is 3. The molecule has 2 aromatic carbocycles. The molecule has 1 aliphatic heterocycles. The summed E-state index contributed by atoms with van der Waals surface area (Å²) < 4.78 is 76.4. The van der Waals surface area contributed by atoms with Gasteiger partial charge in [-0.1, -0.05) is 0 Å². The number of carbonyl (C=O) groups is 1. The minimum Gasteiger partial charge on any atom is -0.382 e. The molecule has 1 saturated heterocycles. The monoisotopic (exact) mass is 489 g/mol. The highest BCUT2D eigenvalue weighted by Gasteiger charge is 2.45. The molecule has 2 aromatic heterocycles. The molecule has 7 nitrogen and oxygen atoms in total. The minimum atomic E-state index is -4.85. The Labute approximate surface area is 193 Å². The van der Waals surface area contributed by atoms with E-state index in [4.69, 9.17) is 10.5 Å². The summed E-state index contributed by atoms with van der Waals surface area (Å²) in [6, 6.07) is 3.14. The summed E-state index contributed by atoms with van der Waals surface area (Å²) in [4.78, 5) is 23.1. The summed E-state index contributed by atoms with van der Waals surface area (Å²) >= 11 is 0. The predicted molar refractivity (Wildman–Crippen MR) is 113 cm³/mol. The van der Waals surface area contributed by atoms with Gasteiger partial charge < -0.3 is 15.4 Å². The lowest BCUT2D eigenvalue weighted by Gasteiger charge is -2.38. The fourth-order valence-electron chi connectivity index (χ4n) is 5.04. The number of hydrogen-bond donors (Lipinski definition) is 1. The van der Waals surface area contributed by atoms with Crippen molar-refractivity contribution in [3.8, 4) is 0 Å². The average Bonchev–Trinajstić information content (AvgIpc) is 3.42. The van der Waals surface area contributed by atoms with E-state index in [-0.39, 0.29) is 47.6 Å². The van der Waals surface area contributed by atoms with Gasteiger partial charge in [-0.05, 0) is 29.3 Å². The lowest BCUT2D eigenvalue weighted by molar-refractivity contribution is -0.140. The normalized spacial score (nSPS) is 19.9. The van der Waals surface area contributed by atoms with Gasteiger partial charge in [0.05, 0.1) is 53.4 Å². The van der Waals surface area contributed by atoms with Crippen molar-refractivity contribution in [2.75, 3.05) is 18.9 Å². The first-order valence-electron chi connectivity index (χ1n) is 10.7. The minimum absolute atomic E-state index is 0.0556. The molecule has 1 fully saturated rings. The van der Waals surface area contributed by atoms with E-state index in [1.807, 2.05) is 0 Å². The number of hydrogen-bond acceptors (Lipinski definition) is 5. The Balaban J connectivity index is 1.44. The third kappa shape index (κ3) is 3.23. The van der Waals surface area contributed by atoms with Crippen LogP contribution in [0.3, 0.4) is 0 Å². The van der Waals surface area contributed by atoms with Crippen LogP contribution in [0, 0.1) is 11.6 Å². The Kier molecular flexibility index (Phi) is 4.56. The van der Waals surface area contributed by atoms with Crippen LogP contribution in [0.2, 0.25) is 0 Å². The van der Waals surface area contributed by atoms with Gasteiger partial charge in [0.2, 0.25) is 0 Å². The second-order valence-corrected chi connectivity index (χ2v) is 8.55. The Hall–Kier alpha value is -3.80. The molecule has 4 aromatic rings. The van der Waals surface area contributed by atoms with Crippen molar-refractivity contribution in [1.82, 2.24) is 19.3 Å². The predicted octanol–water partition coefficient (Wildman–Crippen LogP) is 3.90. The number of halogens is 5. The van der Waals surface area contributed by atoms with Crippen molar-refractivity contribution >= 4 is 28.3 Å². The van der Waals surface area contributed by atoms with E-state index in [2.05, 4.69) is 9.97 Å². The Bertz CT molecular complexity index is 1530. The quantitative estimate of drug-likeness (QED) is 0.410. The fourth-order valence-corrected chi connectivity index (χ4v) is 5.04. The molecule has 6 rings (SSSR count). The highest BCUT2D eigenvalue weighted by molar-refractivity contribution is 5.99. The van der Waals surface area contributed by atoms with Gasteiger partial charge in [0.15, 0.2) is 0 Å². The average molecular weight is 489 g/mol. The molecule has 0 bridgehead atoms. The number of amides is 1. The largest absolute Gasteiger partial charge is 0.419 e. The van der Waals surface area contributed by atoms with E-state index in [0.29, 0.717) is 11.0 Å². The van der Waals surface area contributed by atoms with Crippen LogP contribution in [0.15, 0.2) is 36.8 Å². The van der Waals surface area contributed by atoms with Gasteiger partial charge in [-0.2, -0.15) is 13.2 Å². The van der Waals surface area contributed by atoms with Crippen molar-refractivity contribution in [1.29, 1.82) is 0 Å². The van der Waals surface area contributed by atoms with E-state index < -0.39 is 41.4 Å². The first-order valence-corrected chi connectivity index (χ1v) is 10.7. The lowest BCUT2D eigenvalue weighted by Crippen LogP contribution is -2.46. The number of rotatable bonds is 1. The number of nitrogens with zero attached hydrogens (tertiary/aromatic N) is 4. The number of aromatic nitrogens is 3. The molecule has 3 heterocycles. The van der Waals surface area contributed by atoms with Crippen molar-refractivity contribution in [3.63, 3.8) is 0 Å². The Morgan fingerprint density at radius 1 is 1.11 bits per heavy atom. The van der Waals surface area contributed by atoms with Crippen molar-refractivity contribution in [2.45, 2.75) is 24.7 Å². The van der Waals surface area contributed by atoms with E-state index in [1.165, 1.54) is 23.5 Å². The standard InChI is InChI=1S/C23H16F5N5O2/c24-14-7-16-17(33-9-30-8-18(33)21(29)31-16)6-12(14)22(34)32-1-2-35-19-4-10-3-13(23(26,27)28)15(25)5-11(10)20(19)32/h3,5-9,19-20H,1-2,4H2,(H2,29,31)/t19-,20+/m1/s1. The van der Waals surface area contributed by atoms with Crippen molar-refractivity contribution < 1.29 is 31.5 Å². The van der Waals surface area contributed by atoms with Crippen molar-refractivity contribution in [2.24, 2.45) is 0 Å².